The van der Waals surface area contributed by atoms with Crippen molar-refractivity contribution in [3.8, 4) is 0 Å². The number of aromatic nitrogens is 3. The second-order valence-electron chi connectivity index (χ2n) is 9.00. The Labute approximate surface area is 207 Å². The van der Waals surface area contributed by atoms with Crippen LogP contribution in [0.15, 0.2) is 61.1 Å². The minimum absolute atomic E-state index is 0.0278. The number of hydrogen-bond donors (Lipinski definition) is 2. The maximum atomic E-state index is 13.8. The molecule has 0 aliphatic heterocycles. The number of hydrogen-bond acceptors (Lipinski definition) is 5. The van der Waals surface area contributed by atoms with Crippen LogP contribution >= 0.6 is 0 Å². The van der Waals surface area contributed by atoms with Crippen molar-refractivity contribution in [1.82, 2.24) is 20.1 Å². The van der Waals surface area contributed by atoms with Crippen molar-refractivity contribution < 1.29 is 18.4 Å². The van der Waals surface area contributed by atoms with Gasteiger partial charge in [-0.15, -0.1) is 0 Å². The van der Waals surface area contributed by atoms with Crippen LogP contribution in [0.2, 0.25) is 0 Å². The molecule has 186 valence electrons. The predicted octanol–water partition coefficient (Wildman–Crippen LogP) is 4.42. The Hall–Kier alpha value is -4.14. The highest BCUT2D eigenvalue weighted by atomic mass is 19.2. The van der Waals surface area contributed by atoms with E-state index in [2.05, 4.69) is 15.4 Å². The van der Waals surface area contributed by atoms with Crippen LogP contribution in [0.25, 0.3) is 10.8 Å². The third kappa shape index (κ3) is 5.73. The molecular weight excluding hydrogens is 464 g/mol. The quantitative estimate of drug-likeness (QED) is 0.361. The molecule has 4 rings (SSSR count). The van der Waals surface area contributed by atoms with Gasteiger partial charge in [-0.1, -0.05) is 24.3 Å². The molecule has 0 radical (unpaired) electrons. The highest BCUT2D eigenvalue weighted by Gasteiger charge is 2.23. The van der Waals surface area contributed by atoms with Gasteiger partial charge in [0, 0.05) is 30.2 Å². The highest BCUT2D eigenvalue weighted by Crippen LogP contribution is 2.21. The number of nitrogens with one attached hydrogen (secondary N) is 1. The van der Waals surface area contributed by atoms with Gasteiger partial charge in [0.05, 0.1) is 17.8 Å². The summed E-state index contributed by atoms with van der Waals surface area (Å²) in [5, 5.41) is 8.68. The fourth-order valence-electron chi connectivity index (χ4n) is 3.97. The van der Waals surface area contributed by atoms with Crippen LogP contribution in [0.5, 0.6) is 0 Å². The van der Waals surface area contributed by atoms with Crippen LogP contribution in [-0.2, 0) is 17.6 Å². The molecule has 0 saturated heterocycles. The summed E-state index contributed by atoms with van der Waals surface area (Å²) in [6, 6.07) is 10.1. The molecule has 0 bridgehead atoms. The van der Waals surface area contributed by atoms with Crippen molar-refractivity contribution in [2.75, 3.05) is 5.73 Å². The van der Waals surface area contributed by atoms with Gasteiger partial charge in [-0.25, -0.2) is 13.8 Å². The first-order chi connectivity index (χ1) is 17.2. The van der Waals surface area contributed by atoms with Crippen molar-refractivity contribution in [2.24, 2.45) is 0 Å². The minimum atomic E-state index is -1.01. The van der Waals surface area contributed by atoms with E-state index in [1.807, 2.05) is 38.1 Å². The van der Waals surface area contributed by atoms with E-state index in [-0.39, 0.29) is 24.7 Å². The average Bonchev–Trinajstić information content (AvgIpc) is 3.35. The lowest BCUT2D eigenvalue weighted by atomic mass is 9.96. The first kappa shape index (κ1) is 25.0. The van der Waals surface area contributed by atoms with Crippen molar-refractivity contribution in [1.29, 1.82) is 0 Å². The van der Waals surface area contributed by atoms with Crippen LogP contribution in [0.4, 0.5) is 14.6 Å². The molecule has 1 amide bonds. The van der Waals surface area contributed by atoms with Crippen molar-refractivity contribution in [3.63, 3.8) is 0 Å². The summed E-state index contributed by atoms with van der Waals surface area (Å²) in [5.74, 6) is -2.23. The van der Waals surface area contributed by atoms with Crippen LogP contribution < -0.4 is 11.1 Å². The van der Waals surface area contributed by atoms with Gasteiger partial charge in [-0.2, -0.15) is 5.10 Å². The van der Waals surface area contributed by atoms with E-state index in [9.17, 15) is 18.4 Å². The lowest BCUT2D eigenvalue weighted by Crippen LogP contribution is -2.42. The Morgan fingerprint density at radius 1 is 1.06 bits per heavy atom. The summed E-state index contributed by atoms with van der Waals surface area (Å²) >= 11 is 0. The number of fused-ring (bicyclic) bond motifs is 1. The number of nitrogens with zero attached hydrogens (tertiary/aromatic N) is 3. The smallest absolute Gasteiger partial charge is 0.255 e. The first-order valence-electron chi connectivity index (χ1n) is 11.7. The summed E-state index contributed by atoms with van der Waals surface area (Å²) < 4.78 is 28.8. The maximum absolute atomic E-state index is 13.8. The monoisotopic (exact) mass is 491 g/mol. The Morgan fingerprint density at radius 3 is 2.56 bits per heavy atom. The van der Waals surface area contributed by atoms with Gasteiger partial charge in [0.15, 0.2) is 17.4 Å². The summed E-state index contributed by atoms with van der Waals surface area (Å²) in [6.45, 7) is 3.86. The summed E-state index contributed by atoms with van der Waals surface area (Å²) in [4.78, 5) is 30.2. The van der Waals surface area contributed by atoms with Gasteiger partial charge in [0.1, 0.15) is 5.82 Å². The van der Waals surface area contributed by atoms with Crippen LogP contribution in [-0.4, -0.2) is 32.5 Å². The number of pyridine rings is 1. The standard InChI is InChI=1S/C27H27F2N5O2/c1-16(2)34-15-20(14-32-34)27(36)33-24(13-18-4-7-22(28)23(29)12-18)25(35)8-5-17-3-6-21-19(11-17)9-10-31-26(21)30/h3-4,6-7,9-12,14-16,24H,5,8,13H2,1-2H3,(H2,30,31)(H,33,36)/t24-/m0/s1. The van der Waals surface area contributed by atoms with E-state index in [0.29, 0.717) is 23.4 Å². The summed E-state index contributed by atoms with van der Waals surface area (Å²) in [7, 11) is 0. The average molecular weight is 492 g/mol. The van der Waals surface area contributed by atoms with Crippen LogP contribution in [0.1, 0.15) is 47.8 Å². The van der Waals surface area contributed by atoms with E-state index >= 15 is 0 Å². The Bertz CT molecular complexity index is 1420. The molecule has 7 nitrogen and oxygen atoms in total. The van der Waals surface area contributed by atoms with E-state index in [1.165, 1.54) is 12.3 Å². The van der Waals surface area contributed by atoms with Gasteiger partial charge in [-0.3, -0.25) is 14.3 Å². The van der Waals surface area contributed by atoms with Gasteiger partial charge in [0.2, 0.25) is 0 Å². The normalized spacial score (nSPS) is 12.1. The maximum Gasteiger partial charge on any atom is 0.255 e. The second-order valence-corrected chi connectivity index (χ2v) is 9.00. The molecule has 0 aliphatic rings. The van der Waals surface area contributed by atoms with Crippen molar-refractivity contribution >= 4 is 28.3 Å². The van der Waals surface area contributed by atoms with E-state index in [1.54, 1.807) is 17.1 Å². The molecule has 2 aromatic heterocycles. The van der Waals surface area contributed by atoms with Gasteiger partial charge >= 0.3 is 0 Å². The van der Waals surface area contributed by atoms with Crippen LogP contribution in [0, 0.1) is 11.6 Å². The fraction of sp³-hybridized carbons (Fsp3) is 0.259. The van der Waals surface area contributed by atoms with E-state index in [0.717, 1.165) is 28.5 Å². The number of benzene rings is 2. The molecule has 2 heterocycles. The lowest BCUT2D eigenvalue weighted by molar-refractivity contribution is -0.120. The number of ketones is 1. The second kappa shape index (κ2) is 10.6. The summed E-state index contributed by atoms with van der Waals surface area (Å²) in [5.41, 5.74) is 7.55. The Morgan fingerprint density at radius 2 is 1.83 bits per heavy atom. The molecule has 1 atom stereocenters. The van der Waals surface area contributed by atoms with Gasteiger partial charge in [0.25, 0.3) is 5.91 Å². The SMILES string of the molecule is CC(C)n1cc(C(=O)N[C@@H](Cc2ccc(F)c(F)c2)C(=O)CCc2ccc3c(N)nccc3c2)cn1. The number of aryl methyl sites for hydroxylation is 1. The summed E-state index contributed by atoms with van der Waals surface area (Å²) in [6.07, 6.45) is 5.28. The van der Waals surface area contributed by atoms with Gasteiger partial charge in [-0.05, 0) is 61.4 Å². The molecule has 0 spiro atoms. The predicted molar refractivity (Wildman–Crippen MR) is 133 cm³/mol. The number of amides is 1. The molecule has 0 saturated carbocycles. The van der Waals surface area contributed by atoms with Crippen molar-refractivity contribution in [3.05, 3.63) is 89.4 Å². The fourth-order valence-corrected chi connectivity index (χ4v) is 3.97. The van der Waals surface area contributed by atoms with Gasteiger partial charge < -0.3 is 11.1 Å². The molecule has 0 fully saturated rings. The zero-order chi connectivity index (χ0) is 25.8. The molecule has 3 N–H and O–H groups in total. The number of nitrogens with two attached hydrogens (primary N) is 1. The molecule has 0 unspecified atom stereocenters. The largest absolute Gasteiger partial charge is 0.383 e. The molecule has 4 aromatic rings. The van der Waals surface area contributed by atoms with Crippen LogP contribution in [0.3, 0.4) is 0 Å². The number of carbonyl (C=O) groups is 2. The number of rotatable bonds is 9. The Balaban J connectivity index is 1.51. The van der Waals surface area contributed by atoms with Crippen molar-refractivity contribution in [2.45, 2.75) is 45.2 Å². The number of nitrogen functional groups attached to an aromatic ring is 1. The Kier molecular flexibility index (Phi) is 7.38. The number of Topliss-reactive ketones (excluding diaryl/α,β-unsaturated/α-hetero) is 1. The van der Waals surface area contributed by atoms with E-state index < -0.39 is 23.6 Å². The van der Waals surface area contributed by atoms with E-state index in [4.69, 9.17) is 5.73 Å². The number of carbonyl (C=O) groups excluding carboxylic acids is 2. The molecule has 2 aromatic carbocycles. The number of halogens is 2. The highest BCUT2D eigenvalue weighted by molar-refractivity contribution is 5.98. The molecule has 0 aliphatic carbocycles. The molecule has 36 heavy (non-hydrogen) atoms. The third-order valence-corrected chi connectivity index (χ3v) is 6.03. The lowest BCUT2D eigenvalue weighted by Gasteiger charge is -2.18. The topological polar surface area (TPSA) is 103 Å². The molecule has 9 heteroatoms. The first-order valence-corrected chi connectivity index (χ1v) is 11.7. The minimum Gasteiger partial charge on any atom is -0.383 e. The molecular formula is C27H27F2N5O2. The zero-order valence-electron chi connectivity index (χ0n) is 20.0. The number of anilines is 1. The third-order valence-electron chi connectivity index (χ3n) is 6.03. The zero-order valence-corrected chi connectivity index (χ0v) is 20.0.